The van der Waals surface area contributed by atoms with Crippen molar-refractivity contribution in [2.75, 3.05) is 18.0 Å². The lowest BCUT2D eigenvalue weighted by molar-refractivity contribution is -0.126. The Labute approximate surface area is 107 Å². The fourth-order valence-corrected chi connectivity index (χ4v) is 2.13. The second-order valence-corrected chi connectivity index (χ2v) is 5.20. The molecule has 1 aromatic heterocycles. The molecule has 0 radical (unpaired) electrons. The maximum atomic E-state index is 11.9. The van der Waals surface area contributed by atoms with Crippen molar-refractivity contribution in [3.05, 3.63) is 23.9 Å². The van der Waals surface area contributed by atoms with Gasteiger partial charge in [0.05, 0.1) is 0 Å². The fourth-order valence-electron chi connectivity index (χ4n) is 2.13. The molecule has 0 aromatic carbocycles. The molecule has 1 fully saturated rings. The highest BCUT2D eigenvalue weighted by Gasteiger charge is 2.38. The topological polar surface area (TPSA) is 71.2 Å². The van der Waals surface area contributed by atoms with E-state index in [2.05, 4.69) is 10.3 Å². The highest BCUT2D eigenvalue weighted by atomic mass is 16.2. The molecule has 1 amide bonds. The molecule has 5 heteroatoms. The third kappa shape index (κ3) is 2.18. The summed E-state index contributed by atoms with van der Waals surface area (Å²) >= 11 is 0. The smallest absolute Gasteiger partial charge is 0.245 e. The average Bonchev–Trinajstić information content (AvgIpc) is 2.33. The molecule has 0 saturated carbocycles. The molecule has 1 saturated heterocycles. The summed E-state index contributed by atoms with van der Waals surface area (Å²) in [5.74, 6) is 0.853. The van der Waals surface area contributed by atoms with Gasteiger partial charge < -0.3 is 16.0 Å². The van der Waals surface area contributed by atoms with Gasteiger partial charge in [0.2, 0.25) is 5.91 Å². The Morgan fingerprint density at radius 3 is 2.78 bits per heavy atom. The van der Waals surface area contributed by atoms with Gasteiger partial charge in [-0.1, -0.05) is 6.07 Å². The zero-order valence-corrected chi connectivity index (χ0v) is 11.1. The summed E-state index contributed by atoms with van der Waals surface area (Å²) < 4.78 is 0. The summed E-state index contributed by atoms with van der Waals surface area (Å²) in [4.78, 5) is 18.3. The number of carbonyl (C=O) groups is 1. The van der Waals surface area contributed by atoms with Crippen molar-refractivity contribution in [2.24, 2.45) is 5.73 Å². The molecule has 5 nitrogen and oxygen atoms in total. The molecule has 0 unspecified atom stereocenters. The van der Waals surface area contributed by atoms with E-state index in [4.69, 9.17) is 5.73 Å². The van der Waals surface area contributed by atoms with Crippen LogP contribution >= 0.6 is 0 Å². The number of nitrogens with two attached hydrogens (primary N) is 1. The number of hydrogen-bond acceptors (Lipinski definition) is 4. The normalized spacial score (nSPS) is 20.4. The minimum Gasteiger partial charge on any atom is -0.352 e. The Hall–Kier alpha value is -1.62. The number of carbonyl (C=O) groups excluding carboxylic acids is 1. The van der Waals surface area contributed by atoms with Crippen LogP contribution in [-0.2, 0) is 4.79 Å². The van der Waals surface area contributed by atoms with Crippen LogP contribution in [0.4, 0.5) is 5.82 Å². The quantitative estimate of drug-likeness (QED) is 0.812. The van der Waals surface area contributed by atoms with Gasteiger partial charge in [0.1, 0.15) is 11.4 Å². The maximum absolute atomic E-state index is 11.9. The van der Waals surface area contributed by atoms with Gasteiger partial charge in [-0.25, -0.2) is 4.98 Å². The monoisotopic (exact) mass is 248 g/mol. The van der Waals surface area contributed by atoms with Gasteiger partial charge in [-0.15, -0.1) is 0 Å². The molecule has 2 rings (SSSR count). The predicted octanol–water partition coefficient (Wildman–Crippen LogP) is 0.816. The Bertz CT molecular complexity index is 439. The van der Waals surface area contributed by atoms with Gasteiger partial charge in [0.25, 0.3) is 0 Å². The van der Waals surface area contributed by atoms with Crippen molar-refractivity contribution in [3.8, 4) is 0 Å². The van der Waals surface area contributed by atoms with E-state index in [1.54, 1.807) is 6.20 Å². The number of nitrogens with zero attached hydrogens (tertiary/aromatic N) is 2. The van der Waals surface area contributed by atoms with Crippen molar-refractivity contribution in [1.29, 1.82) is 0 Å². The van der Waals surface area contributed by atoms with Crippen LogP contribution in [0.1, 0.15) is 32.4 Å². The molecule has 1 aliphatic heterocycles. The first kappa shape index (κ1) is 12.8. The molecule has 0 spiro atoms. The van der Waals surface area contributed by atoms with Crippen molar-refractivity contribution in [1.82, 2.24) is 10.3 Å². The Morgan fingerprint density at radius 1 is 1.50 bits per heavy atom. The third-order valence-electron chi connectivity index (χ3n) is 3.42. The average molecular weight is 248 g/mol. The minimum atomic E-state index is -0.568. The van der Waals surface area contributed by atoms with Gasteiger partial charge in [-0.3, -0.25) is 4.79 Å². The maximum Gasteiger partial charge on any atom is 0.245 e. The largest absolute Gasteiger partial charge is 0.352 e. The van der Waals surface area contributed by atoms with Gasteiger partial charge in [0, 0.05) is 25.3 Å². The fraction of sp³-hybridized carbons (Fsp3) is 0.538. The molecule has 1 aliphatic rings. The van der Waals surface area contributed by atoms with E-state index in [0.29, 0.717) is 6.54 Å². The van der Waals surface area contributed by atoms with Crippen LogP contribution in [0.3, 0.4) is 0 Å². The van der Waals surface area contributed by atoms with E-state index in [1.165, 1.54) is 0 Å². The molecule has 1 atom stereocenters. The van der Waals surface area contributed by atoms with Crippen LogP contribution in [-0.4, -0.2) is 29.5 Å². The van der Waals surface area contributed by atoms with E-state index >= 15 is 0 Å². The van der Waals surface area contributed by atoms with Gasteiger partial charge in [-0.05, 0) is 32.4 Å². The number of rotatable bonds is 2. The van der Waals surface area contributed by atoms with E-state index in [9.17, 15) is 4.79 Å². The zero-order chi connectivity index (χ0) is 13.3. The van der Waals surface area contributed by atoms with Crippen LogP contribution in [0.25, 0.3) is 0 Å². The summed E-state index contributed by atoms with van der Waals surface area (Å²) in [6.45, 7) is 7.16. The van der Waals surface area contributed by atoms with Crippen molar-refractivity contribution in [2.45, 2.75) is 32.4 Å². The molecular formula is C13H20N4O. The van der Waals surface area contributed by atoms with Gasteiger partial charge >= 0.3 is 0 Å². The number of anilines is 1. The number of aromatic nitrogens is 1. The first-order chi connectivity index (χ1) is 8.43. The van der Waals surface area contributed by atoms with E-state index in [-0.39, 0.29) is 11.9 Å². The van der Waals surface area contributed by atoms with Crippen LogP contribution < -0.4 is 16.0 Å². The summed E-state index contributed by atoms with van der Waals surface area (Å²) in [5, 5.41) is 2.87. The third-order valence-corrected chi connectivity index (χ3v) is 3.42. The van der Waals surface area contributed by atoms with Crippen LogP contribution in [0, 0.1) is 0 Å². The van der Waals surface area contributed by atoms with E-state index in [0.717, 1.165) is 17.9 Å². The van der Waals surface area contributed by atoms with Gasteiger partial charge in [-0.2, -0.15) is 0 Å². The zero-order valence-electron chi connectivity index (χ0n) is 11.1. The second-order valence-electron chi connectivity index (χ2n) is 5.20. The van der Waals surface area contributed by atoms with Crippen LogP contribution in [0.15, 0.2) is 18.3 Å². The minimum absolute atomic E-state index is 0.0239. The number of nitrogens with one attached hydrogen (secondary N) is 1. The Morgan fingerprint density at radius 2 is 2.22 bits per heavy atom. The van der Waals surface area contributed by atoms with Gasteiger partial charge in [0.15, 0.2) is 0 Å². The molecular weight excluding hydrogens is 228 g/mol. The number of hydrogen-bond donors (Lipinski definition) is 2. The van der Waals surface area contributed by atoms with E-state index in [1.807, 2.05) is 37.8 Å². The summed E-state index contributed by atoms with van der Waals surface area (Å²) in [5.41, 5.74) is 6.23. The van der Waals surface area contributed by atoms with Crippen LogP contribution in [0.5, 0.6) is 0 Å². The van der Waals surface area contributed by atoms with Crippen molar-refractivity contribution in [3.63, 3.8) is 0 Å². The molecule has 3 N–H and O–H groups in total. The van der Waals surface area contributed by atoms with Crippen molar-refractivity contribution >= 4 is 11.7 Å². The number of amides is 1. The molecule has 98 valence electrons. The van der Waals surface area contributed by atoms with E-state index < -0.39 is 5.54 Å². The summed E-state index contributed by atoms with van der Waals surface area (Å²) in [7, 11) is 0. The highest BCUT2D eigenvalue weighted by molar-refractivity contribution is 5.90. The first-order valence-corrected chi connectivity index (χ1v) is 6.20. The summed E-state index contributed by atoms with van der Waals surface area (Å²) in [6.07, 6.45) is 1.78. The molecule has 2 heterocycles. The predicted molar refractivity (Wildman–Crippen MR) is 71.3 cm³/mol. The lowest BCUT2D eigenvalue weighted by atomic mass is 9.99. The Kier molecular flexibility index (Phi) is 3.26. The standard InChI is InChI=1S/C13H20N4O/c1-9(14)10-4-5-11(16-8-10)17-7-6-15-12(18)13(17,2)3/h4-5,8-9H,6-7,14H2,1-3H3,(H,15,18)/t9-/m1/s1. The second kappa shape index (κ2) is 4.57. The SMILES string of the molecule is C[C@@H](N)c1ccc(N2CCNC(=O)C2(C)C)nc1. The van der Waals surface area contributed by atoms with Crippen molar-refractivity contribution < 1.29 is 4.79 Å². The first-order valence-electron chi connectivity index (χ1n) is 6.20. The highest BCUT2D eigenvalue weighted by Crippen LogP contribution is 2.24. The number of pyridine rings is 1. The molecule has 0 aliphatic carbocycles. The molecule has 18 heavy (non-hydrogen) atoms. The molecule has 1 aromatic rings. The lowest BCUT2D eigenvalue weighted by Crippen LogP contribution is -2.62. The van der Waals surface area contributed by atoms with Crippen LogP contribution in [0.2, 0.25) is 0 Å². The lowest BCUT2D eigenvalue weighted by Gasteiger charge is -2.42. The Balaban J connectivity index is 2.27. The number of piperazine rings is 1. The molecule has 0 bridgehead atoms. The summed E-state index contributed by atoms with van der Waals surface area (Å²) in [6, 6.07) is 3.87.